The molecule has 2 amide bonds. The van der Waals surface area contributed by atoms with E-state index in [1.807, 2.05) is 54.5 Å². The zero-order valence-electron chi connectivity index (χ0n) is 33.6. The average molecular weight is 757 g/mol. The first-order chi connectivity index (χ1) is 25.3. The van der Waals surface area contributed by atoms with E-state index in [2.05, 4.69) is 20.3 Å². The smallest absolute Gasteiger partial charge is 0.410 e. The van der Waals surface area contributed by atoms with E-state index in [1.54, 1.807) is 47.3 Å². The number of hydrogen-bond acceptors (Lipinski definition) is 11. The third kappa shape index (κ3) is 13.1. The molecule has 2 aliphatic rings. The molecular weight excluding hydrogens is 696 g/mol. The van der Waals surface area contributed by atoms with Gasteiger partial charge in [-0.3, -0.25) is 19.7 Å². The van der Waals surface area contributed by atoms with Gasteiger partial charge in [0.15, 0.2) is 0 Å². The largest absolute Gasteiger partial charge is 0.501 e. The van der Waals surface area contributed by atoms with Crippen molar-refractivity contribution in [3.8, 4) is 0 Å². The minimum atomic E-state index is -0.527. The molecule has 16 nitrogen and oxygen atoms in total. The molecule has 3 aromatic heterocycles. The van der Waals surface area contributed by atoms with E-state index in [9.17, 15) is 19.2 Å². The van der Waals surface area contributed by atoms with Crippen LogP contribution in [-0.2, 0) is 23.7 Å². The minimum Gasteiger partial charge on any atom is -0.501 e. The Hall–Kier alpha value is -5.02. The first kappa shape index (κ1) is 43.4. The molecule has 0 unspecified atom stereocenters. The van der Waals surface area contributed by atoms with Gasteiger partial charge in [-0.15, -0.1) is 0 Å². The summed E-state index contributed by atoms with van der Waals surface area (Å²) in [4.78, 5) is 53.7. The normalized spacial score (nSPS) is 17.8. The van der Waals surface area contributed by atoms with Crippen molar-refractivity contribution in [3.63, 3.8) is 0 Å². The quantitative estimate of drug-likeness (QED) is 0.104. The lowest BCUT2D eigenvalue weighted by atomic mass is 10.00. The molecule has 5 rings (SSSR count). The van der Waals surface area contributed by atoms with Crippen molar-refractivity contribution in [1.29, 1.82) is 0 Å². The van der Waals surface area contributed by atoms with E-state index in [1.165, 1.54) is 6.26 Å². The molecule has 16 heteroatoms. The predicted molar refractivity (Wildman–Crippen MR) is 205 cm³/mol. The lowest BCUT2D eigenvalue weighted by molar-refractivity contribution is -0.138. The number of amides is 2. The van der Waals surface area contributed by atoms with Crippen LogP contribution >= 0.6 is 0 Å². The minimum absolute atomic E-state index is 0.0200. The molecule has 54 heavy (non-hydrogen) atoms. The molecule has 2 fully saturated rings. The topological polar surface area (TPSA) is 199 Å². The number of H-pyrrole nitrogens is 2. The van der Waals surface area contributed by atoms with Gasteiger partial charge in [0.05, 0.1) is 48.5 Å². The van der Waals surface area contributed by atoms with Gasteiger partial charge in [0, 0.05) is 37.0 Å². The Kier molecular flexibility index (Phi) is 15.5. The van der Waals surface area contributed by atoms with Crippen molar-refractivity contribution in [2.45, 2.75) is 131 Å². The Morgan fingerprint density at radius 3 is 2.00 bits per heavy atom. The number of nitrogens with zero attached hydrogens (tertiary/aromatic N) is 5. The van der Waals surface area contributed by atoms with Crippen LogP contribution in [0.25, 0.3) is 5.65 Å². The highest BCUT2D eigenvalue weighted by Crippen LogP contribution is 2.33. The molecule has 2 atom stereocenters. The number of carbonyl (C=O) groups is 3. The highest BCUT2D eigenvalue weighted by atomic mass is 16.6. The Morgan fingerprint density at radius 2 is 1.48 bits per heavy atom. The zero-order chi connectivity index (χ0) is 40.2. The summed E-state index contributed by atoms with van der Waals surface area (Å²) in [5.74, 6) is 0.130. The van der Waals surface area contributed by atoms with E-state index in [0.29, 0.717) is 48.9 Å². The molecular formula is C38H60N8O8. The van der Waals surface area contributed by atoms with Gasteiger partial charge in [0.1, 0.15) is 22.7 Å². The van der Waals surface area contributed by atoms with Gasteiger partial charge in [-0.1, -0.05) is 0 Å². The summed E-state index contributed by atoms with van der Waals surface area (Å²) in [6.07, 6.45) is 8.36. The lowest BCUT2D eigenvalue weighted by Crippen LogP contribution is -2.42. The van der Waals surface area contributed by atoms with Gasteiger partial charge >= 0.3 is 18.2 Å². The fraction of sp³-hybridized carbons (Fsp3) is 0.632. The number of aromatic nitrogens is 5. The maximum absolute atomic E-state index is 12.5. The van der Waals surface area contributed by atoms with Crippen molar-refractivity contribution in [3.05, 3.63) is 57.5 Å². The van der Waals surface area contributed by atoms with Crippen LogP contribution in [0.1, 0.15) is 130 Å². The fourth-order valence-electron chi connectivity index (χ4n) is 5.82. The number of nitrogens with one attached hydrogen (secondary N) is 2. The highest BCUT2D eigenvalue weighted by Gasteiger charge is 2.34. The van der Waals surface area contributed by atoms with Crippen LogP contribution in [0, 0.1) is 6.92 Å². The third-order valence-electron chi connectivity index (χ3n) is 8.27. The summed E-state index contributed by atoms with van der Waals surface area (Å²) in [5, 5.41) is 11.4. The number of aromatic amines is 2. The molecule has 2 aliphatic heterocycles. The zero-order valence-corrected chi connectivity index (χ0v) is 33.6. The summed E-state index contributed by atoms with van der Waals surface area (Å²) in [6, 6.07) is 3.48. The van der Waals surface area contributed by atoms with Crippen molar-refractivity contribution >= 4 is 29.6 Å². The van der Waals surface area contributed by atoms with Gasteiger partial charge in [-0.05, 0) is 108 Å². The van der Waals surface area contributed by atoms with Gasteiger partial charge in [-0.25, -0.2) is 18.9 Å². The van der Waals surface area contributed by atoms with Crippen LogP contribution in [0.2, 0.25) is 0 Å². The number of hydrogen-bond donors (Lipinski definition) is 3. The number of aryl methyl sites for hydroxylation is 1. The molecule has 0 aliphatic carbocycles. The van der Waals surface area contributed by atoms with E-state index in [-0.39, 0.29) is 35.8 Å². The number of anilines is 1. The van der Waals surface area contributed by atoms with E-state index >= 15 is 0 Å². The Balaban J connectivity index is 0.000000234. The van der Waals surface area contributed by atoms with Crippen LogP contribution in [0.5, 0.6) is 0 Å². The third-order valence-corrected chi connectivity index (χ3v) is 8.27. The van der Waals surface area contributed by atoms with E-state index < -0.39 is 11.2 Å². The van der Waals surface area contributed by atoms with Crippen LogP contribution < -0.4 is 11.3 Å². The maximum Gasteiger partial charge on any atom is 0.410 e. The molecule has 4 N–H and O–H groups in total. The maximum atomic E-state index is 12.5. The second-order valence-electron chi connectivity index (χ2n) is 15.3. The Morgan fingerprint density at radius 1 is 0.907 bits per heavy atom. The number of likely N-dealkylation sites (tertiary alicyclic amines) is 2. The van der Waals surface area contributed by atoms with Gasteiger partial charge in [0.2, 0.25) is 0 Å². The van der Waals surface area contributed by atoms with Crippen molar-refractivity contribution < 1.29 is 33.3 Å². The average Bonchev–Trinajstić information content (AvgIpc) is 3.72. The molecule has 0 bridgehead atoms. The predicted octanol–water partition coefficient (Wildman–Crippen LogP) is 6.74. The molecule has 5 heterocycles. The Bertz CT molecular complexity index is 1780. The molecule has 0 saturated carbocycles. The number of nitrogens with two attached hydrogens (primary N) is 1. The van der Waals surface area contributed by atoms with Gasteiger partial charge in [0.25, 0.3) is 5.56 Å². The number of nitrogen functional groups attached to an aromatic ring is 1. The molecule has 3 aromatic rings. The first-order valence-electron chi connectivity index (χ1n) is 18.7. The molecule has 2 saturated heterocycles. The van der Waals surface area contributed by atoms with Crippen LogP contribution in [0.15, 0.2) is 35.0 Å². The summed E-state index contributed by atoms with van der Waals surface area (Å²) < 4.78 is 22.3. The second-order valence-corrected chi connectivity index (χ2v) is 15.3. The van der Waals surface area contributed by atoms with Gasteiger partial charge in [-0.2, -0.15) is 10.2 Å². The van der Waals surface area contributed by atoms with Gasteiger partial charge < -0.3 is 29.7 Å². The standard InChI is InChI=1S/C17H24N4O3.C13H22N4O2.C8H14O3/c1-11-10-21-14(18-15(11)22)9-12(19-21)13-7-5-6-8-20(13)16(23)24-17(2,3)4;1-13(2,3)19-12(18)17-7-5-4-6-10(17)9-8-11(14)16-15-9;1-4-10-6-7(3)8(9)11-5-2/h9-10,13H,5-8H2,1-4H3,(H,18,22);8,10H,4-7H2,1-3H3,(H3,14,15,16);6H,4-5H2,1-3H3/b;;7-6+/t13-;10-;/m00./s1. The number of carbonyl (C=O) groups excluding carboxylic acids is 3. The van der Waals surface area contributed by atoms with Crippen molar-refractivity contribution in [1.82, 2.24) is 34.6 Å². The second kappa shape index (κ2) is 19.3. The highest BCUT2D eigenvalue weighted by molar-refractivity contribution is 5.87. The van der Waals surface area contributed by atoms with Crippen LogP contribution in [0.3, 0.4) is 0 Å². The van der Waals surface area contributed by atoms with Crippen molar-refractivity contribution in [2.75, 3.05) is 32.0 Å². The summed E-state index contributed by atoms with van der Waals surface area (Å²) in [5.41, 5.74) is 7.89. The van der Waals surface area contributed by atoms with Crippen molar-refractivity contribution in [2.24, 2.45) is 0 Å². The fourth-order valence-corrected chi connectivity index (χ4v) is 5.82. The number of esters is 1. The molecule has 0 spiro atoms. The lowest BCUT2D eigenvalue weighted by Gasteiger charge is -2.36. The monoisotopic (exact) mass is 756 g/mol. The molecule has 300 valence electrons. The molecule has 0 radical (unpaired) electrons. The summed E-state index contributed by atoms with van der Waals surface area (Å²) in [7, 11) is 0. The summed E-state index contributed by atoms with van der Waals surface area (Å²) in [6.45, 7) is 20.6. The van der Waals surface area contributed by atoms with E-state index in [4.69, 9.17) is 24.7 Å². The number of fused-ring (bicyclic) bond motifs is 1. The SMILES string of the molecule is CC(C)(C)OC(=O)N1CCCC[C@H]1c1cc(N)n[nH]1.CCO/C=C(\C)C(=O)OCC.Cc1cn2nc([C@@H]3CCCCN3C(=O)OC(C)(C)C)cc2[nH]c1=O. The van der Waals surface area contributed by atoms with Crippen LogP contribution in [-0.4, -0.2) is 90.3 Å². The number of piperidine rings is 2. The Labute approximate surface area is 317 Å². The van der Waals surface area contributed by atoms with E-state index in [0.717, 1.165) is 49.9 Å². The number of ether oxygens (including phenoxy) is 4. The van der Waals surface area contributed by atoms with Crippen LogP contribution in [0.4, 0.5) is 15.4 Å². The number of rotatable bonds is 6. The first-order valence-corrected chi connectivity index (χ1v) is 18.7. The molecule has 0 aromatic carbocycles. The summed E-state index contributed by atoms with van der Waals surface area (Å²) >= 11 is 0.